The van der Waals surface area contributed by atoms with Gasteiger partial charge in [0, 0.05) is 83.2 Å². The van der Waals surface area contributed by atoms with E-state index in [2.05, 4.69) is 73.2 Å². The van der Waals surface area contributed by atoms with Gasteiger partial charge in [0.2, 0.25) is 5.71 Å². The van der Waals surface area contributed by atoms with Gasteiger partial charge in [-0.05, 0) is 59.0 Å². The Labute approximate surface area is 251 Å². The fourth-order valence-electron chi connectivity index (χ4n) is 4.88. The van der Waals surface area contributed by atoms with Crippen LogP contribution in [-0.4, -0.2) is 31.4 Å². The lowest BCUT2D eigenvalue weighted by atomic mass is 9.87. The standard InChI is InChI=1S/C36H31N7/c1-36(2,3)29-10-12-30(13-11-29)42-43-35-31(25-9-15-34(41-23-25)27-7-5-17-39-21-27)18-28(19-32(35)37)24-8-14-33(40-22-24)26-6-4-16-38-20-26/h4-23,37,42H,1-3H3/p+2. The van der Waals surface area contributed by atoms with Gasteiger partial charge < -0.3 is 0 Å². The number of benzene rings is 1. The number of quaternary nitrogens is 1. The van der Waals surface area contributed by atoms with Crippen LogP contribution < -0.4 is 10.8 Å². The maximum atomic E-state index is 6.71. The first kappa shape index (κ1) is 27.8. The Balaban J connectivity index is 1.35. The summed E-state index contributed by atoms with van der Waals surface area (Å²) in [6, 6.07) is 24.4. The molecule has 4 heterocycles. The van der Waals surface area contributed by atoms with E-state index >= 15 is 0 Å². The summed E-state index contributed by atoms with van der Waals surface area (Å²) < 4.78 is 0. The van der Waals surface area contributed by atoms with Crippen molar-refractivity contribution in [1.82, 2.24) is 19.9 Å². The van der Waals surface area contributed by atoms with E-state index in [-0.39, 0.29) is 5.41 Å². The van der Waals surface area contributed by atoms with Gasteiger partial charge in [-0.2, -0.15) is 5.43 Å². The van der Waals surface area contributed by atoms with E-state index in [1.165, 1.54) is 5.56 Å². The predicted octanol–water partition coefficient (Wildman–Crippen LogP) is 4.83. The number of nitrogens with zero attached hydrogens (tertiary/aromatic N) is 5. The van der Waals surface area contributed by atoms with Gasteiger partial charge in [-0.15, -0.1) is 0 Å². The van der Waals surface area contributed by atoms with Crippen molar-refractivity contribution in [3.63, 3.8) is 0 Å². The molecule has 0 atom stereocenters. The molecule has 0 saturated carbocycles. The van der Waals surface area contributed by atoms with Crippen molar-refractivity contribution in [2.45, 2.75) is 26.2 Å². The molecule has 43 heavy (non-hydrogen) atoms. The van der Waals surface area contributed by atoms with Crippen LogP contribution in [0.25, 0.3) is 33.7 Å². The number of nitrogens with two attached hydrogens (primary N) is 2. The molecule has 1 aliphatic carbocycles. The van der Waals surface area contributed by atoms with Crippen LogP contribution in [0.2, 0.25) is 0 Å². The third kappa shape index (κ3) is 6.27. The molecular formula is C36H33N7+2. The molecule has 0 aliphatic heterocycles. The van der Waals surface area contributed by atoms with Crippen LogP contribution in [0.15, 0.2) is 127 Å². The van der Waals surface area contributed by atoms with Crippen molar-refractivity contribution < 1.29 is 10.8 Å². The summed E-state index contributed by atoms with van der Waals surface area (Å²) in [5.74, 6) is 0. The minimum absolute atomic E-state index is 0.0864. The number of allylic oxidation sites excluding steroid dienone is 4. The molecule has 7 heteroatoms. The molecular weight excluding hydrogens is 530 g/mol. The van der Waals surface area contributed by atoms with Gasteiger partial charge in [-0.1, -0.05) is 50.1 Å². The molecule has 0 radical (unpaired) electrons. The average Bonchev–Trinajstić information content (AvgIpc) is 3.05. The molecule has 1 aromatic carbocycles. The molecule has 0 bridgehead atoms. The molecule has 0 saturated heterocycles. The second-order valence-electron chi connectivity index (χ2n) is 11.4. The Morgan fingerprint density at radius 3 is 1.77 bits per heavy atom. The van der Waals surface area contributed by atoms with Crippen LogP contribution in [0.5, 0.6) is 0 Å². The highest BCUT2D eigenvalue weighted by Crippen LogP contribution is 2.29. The third-order valence-corrected chi connectivity index (χ3v) is 7.34. The topological polar surface area (TPSA) is 106 Å². The van der Waals surface area contributed by atoms with Crippen LogP contribution in [0, 0.1) is 0 Å². The molecule has 0 amide bonds. The first-order valence-electron chi connectivity index (χ1n) is 14.2. The Hall–Kier alpha value is -5.40. The lowest BCUT2D eigenvalue weighted by Crippen LogP contribution is -2.72. The molecule has 4 N–H and O–H groups in total. The number of hydrogen-bond donors (Lipinski definition) is 2. The molecule has 0 unspecified atom stereocenters. The SMILES string of the molecule is CC(C)(C)c1ccc([NH2+]N=C2C(=[NH2+])C=C(c3ccc(-c4cccnc4)nc3)C=C2c2ccc(-c3cccnc3)nc2)cc1. The van der Waals surface area contributed by atoms with Crippen LogP contribution in [0.4, 0.5) is 5.69 Å². The van der Waals surface area contributed by atoms with Crippen molar-refractivity contribution in [2.24, 2.45) is 5.10 Å². The van der Waals surface area contributed by atoms with Gasteiger partial charge in [0.1, 0.15) is 0 Å². The van der Waals surface area contributed by atoms with E-state index in [4.69, 9.17) is 20.5 Å². The minimum Gasteiger partial charge on any atom is -0.264 e. The number of hydrogen-bond acceptors (Lipinski definition) is 5. The minimum atomic E-state index is 0.0864. The van der Waals surface area contributed by atoms with Gasteiger partial charge in [0.05, 0.1) is 11.4 Å². The Bertz CT molecular complexity index is 1830. The molecule has 1 aliphatic rings. The van der Waals surface area contributed by atoms with Crippen LogP contribution in [0.1, 0.15) is 37.5 Å². The summed E-state index contributed by atoms with van der Waals surface area (Å²) in [5, 5.41) is 11.6. The highest BCUT2D eigenvalue weighted by molar-refractivity contribution is 6.61. The van der Waals surface area contributed by atoms with Crippen molar-refractivity contribution in [1.29, 1.82) is 0 Å². The number of aromatic nitrogens is 4. The molecule has 6 rings (SSSR count). The predicted molar refractivity (Wildman–Crippen MR) is 172 cm³/mol. The largest absolute Gasteiger partial charge is 0.264 e. The Morgan fingerprint density at radius 2 is 1.26 bits per heavy atom. The quantitative estimate of drug-likeness (QED) is 0.134. The smallest absolute Gasteiger partial charge is 0.229 e. The molecule has 0 spiro atoms. The molecule has 0 fully saturated rings. The fourth-order valence-corrected chi connectivity index (χ4v) is 4.88. The highest BCUT2D eigenvalue weighted by Gasteiger charge is 2.26. The zero-order valence-corrected chi connectivity index (χ0v) is 24.4. The van der Waals surface area contributed by atoms with E-state index < -0.39 is 0 Å². The molecule has 7 nitrogen and oxygen atoms in total. The molecule has 210 valence electrons. The van der Waals surface area contributed by atoms with Crippen LogP contribution >= 0.6 is 0 Å². The van der Waals surface area contributed by atoms with Crippen molar-refractivity contribution in [3.8, 4) is 22.5 Å². The zero-order valence-electron chi connectivity index (χ0n) is 24.4. The Morgan fingerprint density at radius 1 is 0.651 bits per heavy atom. The number of rotatable bonds is 6. The van der Waals surface area contributed by atoms with E-state index in [9.17, 15) is 0 Å². The third-order valence-electron chi connectivity index (χ3n) is 7.34. The average molecular weight is 564 g/mol. The highest BCUT2D eigenvalue weighted by atomic mass is 15.3. The van der Waals surface area contributed by atoms with Crippen LogP contribution in [-0.2, 0) is 5.41 Å². The van der Waals surface area contributed by atoms with E-state index in [0.29, 0.717) is 11.4 Å². The molecule has 5 aromatic rings. The second-order valence-corrected chi connectivity index (χ2v) is 11.4. The summed E-state index contributed by atoms with van der Waals surface area (Å²) in [6.45, 7) is 6.63. The maximum Gasteiger partial charge on any atom is 0.229 e. The van der Waals surface area contributed by atoms with Gasteiger partial charge >= 0.3 is 0 Å². The normalized spacial score (nSPS) is 14.4. The summed E-state index contributed by atoms with van der Waals surface area (Å²) in [4.78, 5) is 17.9. The summed E-state index contributed by atoms with van der Waals surface area (Å²) in [5.41, 5.74) is 12.8. The van der Waals surface area contributed by atoms with Gasteiger partial charge in [0.25, 0.3) is 0 Å². The first-order valence-corrected chi connectivity index (χ1v) is 14.2. The first-order chi connectivity index (χ1) is 20.8. The number of pyridine rings is 4. The Kier molecular flexibility index (Phi) is 7.64. The summed E-state index contributed by atoms with van der Waals surface area (Å²) in [7, 11) is 0. The maximum absolute atomic E-state index is 6.71. The van der Waals surface area contributed by atoms with E-state index in [1.807, 2.05) is 72.7 Å². The fraction of sp³-hybridized carbons (Fsp3) is 0.111. The lowest BCUT2D eigenvalue weighted by Gasteiger charge is -2.18. The van der Waals surface area contributed by atoms with Gasteiger partial charge in [-0.3, -0.25) is 25.3 Å². The van der Waals surface area contributed by atoms with Gasteiger partial charge in [-0.25, -0.2) is 0 Å². The van der Waals surface area contributed by atoms with Crippen molar-refractivity contribution >= 4 is 28.3 Å². The monoisotopic (exact) mass is 563 g/mol. The van der Waals surface area contributed by atoms with E-state index in [0.717, 1.165) is 50.5 Å². The molecule has 4 aromatic heterocycles. The van der Waals surface area contributed by atoms with Crippen molar-refractivity contribution in [2.75, 3.05) is 0 Å². The summed E-state index contributed by atoms with van der Waals surface area (Å²) >= 11 is 0. The lowest BCUT2D eigenvalue weighted by molar-refractivity contribution is -0.577. The second kappa shape index (κ2) is 11.8. The van der Waals surface area contributed by atoms with E-state index in [1.54, 1.807) is 12.4 Å². The van der Waals surface area contributed by atoms with Crippen LogP contribution in [0.3, 0.4) is 0 Å². The zero-order chi connectivity index (χ0) is 29.8. The summed E-state index contributed by atoms with van der Waals surface area (Å²) in [6.07, 6.45) is 14.9. The van der Waals surface area contributed by atoms with Crippen molar-refractivity contribution in [3.05, 3.63) is 139 Å². The van der Waals surface area contributed by atoms with Gasteiger partial charge in [0.15, 0.2) is 11.4 Å².